The van der Waals surface area contributed by atoms with Gasteiger partial charge in [0.1, 0.15) is 0 Å². The first kappa shape index (κ1) is 14.8. The molecule has 3 heterocycles. The highest BCUT2D eigenvalue weighted by atomic mass is 32.2. The number of amides is 1. The fourth-order valence-corrected chi connectivity index (χ4v) is 3.46. The van der Waals surface area contributed by atoms with Crippen LogP contribution in [0, 0.1) is 6.92 Å². The second kappa shape index (κ2) is 6.31. The van der Waals surface area contributed by atoms with E-state index in [0.717, 1.165) is 5.69 Å². The van der Waals surface area contributed by atoms with E-state index in [2.05, 4.69) is 15.3 Å². The molecule has 0 radical (unpaired) electrons. The van der Waals surface area contributed by atoms with Crippen molar-refractivity contribution in [3.63, 3.8) is 0 Å². The maximum atomic E-state index is 12.2. The Morgan fingerprint density at radius 3 is 3.09 bits per heavy atom. The quantitative estimate of drug-likeness (QED) is 0.860. The number of aryl methyl sites for hydroxylation is 1. The van der Waals surface area contributed by atoms with Gasteiger partial charge in [0.05, 0.1) is 18.3 Å². The van der Waals surface area contributed by atoms with E-state index in [1.807, 2.05) is 18.2 Å². The van der Waals surface area contributed by atoms with Crippen LogP contribution in [-0.2, 0) is 11.3 Å². The molecular weight excluding hydrogens is 300 g/mol. The Labute approximate surface area is 132 Å². The van der Waals surface area contributed by atoms with E-state index in [1.165, 1.54) is 11.8 Å². The topological polar surface area (TPSA) is 76.9 Å². The largest absolute Gasteiger partial charge is 0.350 e. The summed E-state index contributed by atoms with van der Waals surface area (Å²) in [7, 11) is 0. The van der Waals surface area contributed by atoms with Crippen LogP contribution in [0.4, 0.5) is 0 Å². The number of hydrogen-bond acceptors (Lipinski definition) is 5. The van der Waals surface area contributed by atoms with Crippen molar-refractivity contribution >= 4 is 17.7 Å². The zero-order valence-electron chi connectivity index (χ0n) is 12.2. The van der Waals surface area contributed by atoms with Crippen LogP contribution in [0.5, 0.6) is 0 Å². The number of thioether (sulfide) groups is 1. The Hall–Kier alpha value is -2.15. The number of carbonyl (C=O) groups is 1. The molecule has 1 aliphatic rings. The van der Waals surface area contributed by atoms with E-state index >= 15 is 0 Å². The SMILES string of the molecule is Cc1cnc2n(c1=O)[C@@H](CC(=O)NCc1ccccn1)CS2. The number of carbonyl (C=O) groups excluding carboxylic acids is 1. The first-order valence-electron chi connectivity index (χ1n) is 7.02. The molecule has 0 aromatic carbocycles. The van der Waals surface area contributed by atoms with Crippen molar-refractivity contribution in [1.82, 2.24) is 19.9 Å². The number of pyridine rings is 1. The summed E-state index contributed by atoms with van der Waals surface area (Å²) in [6, 6.07) is 5.44. The van der Waals surface area contributed by atoms with Gasteiger partial charge in [-0.05, 0) is 19.1 Å². The van der Waals surface area contributed by atoms with E-state index in [9.17, 15) is 9.59 Å². The van der Waals surface area contributed by atoms with E-state index in [1.54, 1.807) is 23.9 Å². The minimum Gasteiger partial charge on any atom is -0.350 e. The van der Waals surface area contributed by atoms with Gasteiger partial charge in [0.25, 0.3) is 5.56 Å². The average molecular weight is 316 g/mol. The van der Waals surface area contributed by atoms with Crippen LogP contribution in [0.15, 0.2) is 40.5 Å². The fraction of sp³-hybridized carbons (Fsp3) is 0.333. The van der Waals surface area contributed by atoms with Crippen molar-refractivity contribution < 1.29 is 4.79 Å². The van der Waals surface area contributed by atoms with Gasteiger partial charge in [-0.1, -0.05) is 17.8 Å². The highest BCUT2D eigenvalue weighted by Gasteiger charge is 2.27. The summed E-state index contributed by atoms with van der Waals surface area (Å²) in [6.45, 7) is 2.14. The predicted molar refractivity (Wildman–Crippen MR) is 83.7 cm³/mol. The lowest BCUT2D eigenvalue weighted by Gasteiger charge is -2.13. The lowest BCUT2D eigenvalue weighted by molar-refractivity contribution is -0.121. The average Bonchev–Trinajstić information content (AvgIpc) is 2.93. The van der Waals surface area contributed by atoms with Crippen molar-refractivity contribution in [3.8, 4) is 0 Å². The van der Waals surface area contributed by atoms with Crippen LogP contribution >= 0.6 is 11.8 Å². The minimum absolute atomic E-state index is 0.0578. The summed E-state index contributed by atoms with van der Waals surface area (Å²) in [6.07, 6.45) is 3.56. The second-order valence-electron chi connectivity index (χ2n) is 5.17. The molecule has 6 nitrogen and oxygen atoms in total. The first-order chi connectivity index (χ1) is 10.6. The summed E-state index contributed by atoms with van der Waals surface area (Å²) in [5.41, 5.74) is 1.36. The molecule has 22 heavy (non-hydrogen) atoms. The Morgan fingerprint density at radius 1 is 1.45 bits per heavy atom. The summed E-state index contributed by atoms with van der Waals surface area (Å²) >= 11 is 1.51. The van der Waals surface area contributed by atoms with Crippen LogP contribution in [0.25, 0.3) is 0 Å². The molecule has 0 bridgehead atoms. The number of hydrogen-bond donors (Lipinski definition) is 1. The van der Waals surface area contributed by atoms with Gasteiger partial charge in [-0.2, -0.15) is 0 Å². The number of rotatable bonds is 4. The lowest BCUT2D eigenvalue weighted by atomic mass is 10.2. The minimum atomic E-state index is -0.136. The molecule has 0 saturated heterocycles. The van der Waals surface area contributed by atoms with Gasteiger partial charge in [-0.25, -0.2) is 4.98 Å². The van der Waals surface area contributed by atoms with E-state index in [4.69, 9.17) is 0 Å². The van der Waals surface area contributed by atoms with E-state index in [-0.39, 0.29) is 23.9 Å². The smallest absolute Gasteiger partial charge is 0.257 e. The number of aromatic nitrogens is 3. The molecule has 0 saturated carbocycles. The third-order valence-electron chi connectivity index (χ3n) is 3.51. The molecule has 114 valence electrons. The summed E-state index contributed by atoms with van der Waals surface area (Å²) < 4.78 is 1.64. The highest BCUT2D eigenvalue weighted by Crippen LogP contribution is 2.31. The maximum absolute atomic E-state index is 12.2. The van der Waals surface area contributed by atoms with Crippen molar-refractivity contribution in [2.24, 2.45) is 0 Å². The molecule has 1 amide bonds. The van der Waals surface area contributed by atoms with Crippen LogP contribution < -0.4 is 10.9 Å². The molecule has 0 fully saturated rings. The number of nitrogens with zero attached hydrogens (tertiary/aromatic N) is 3. The van der Waals surface area contributed by atoms with Gasteiger partial charge in [0, 0.05) is 30.1 Å². The van der Waals surface area contributed by atoms with Gasteiger partial charge < -0.3 is 5.32 Å². The van der Waals surface area contributed by atoms with Crippen LogP contribution in [0.3, 0.4) is 0 Å². The van der Waals surface area contributed by atoms with Gasteiger partial charge >= 0.3 is 0 Å². The number of nitrogens with one attached hydrogen (secondary N) is 1. The van der Waals surface area contributed by atoms with Gasteiger partial charge in [-0.15, -0.1) is 0 Å². The first-order valence-corrected chi connectivity index (χ1v) is 8.01. The lowest BCUT2D eigenvalue weighted by Crippen LogP contribution is -2.31. The normalized spacial score (nSPS) is 16.3. The Kier molecular flexibility index (Phi) is 4.24. The Morgan fingerprint density at radius 2 is 2.32 bits per heavy atom. The van der Waals surface area contributed by atoms with Crippen LogP contribution in [0.1, 0.15) is 23.7 Å². The maximum Gasteiger partial charge on any atom is 0.257 e. The third kappa shape index (κ3) is 3.04. The molecule has 2 aromatic rings. The van der Waals surface area contributed by atoms with Gasteiger partial charge in [0.2, 0.25) is 5.91 Å². The molecule has 2 aromatic heterocycles. The zero-order chi connectivity index (χ0) is 15.5. The molecule has 1 N–H and O–H groups in total. The fourth-order valence-electron chi connectivity index (χ4n) is 2.35. The second-order valence-corrected chi connectivity index (χ2v) is 6.15. The third-order valence-corrected chi connectivity index (χ3v) is 4.63. The number of fused-ring (bicyclic) bond motifs is 1. The van der Waals surface area contributed by atoms with Crippen LogP contribution in [0.2, 0.25) is 0 Å². The standard InChI is InChI=1S/C15H16N4O2S/c1-10-7-18-15-19(14(10)21)12(9-22-15)6-13(20)17-8-11-4-2-3-5-16-11/h2-5,7,12H,6,8-9H2,1H3,(H,17,20)/t12-/m0/s1. The molecule has 3 rings (SSSR count). The molecule has 0 spiro atoms. The van der Waals surface area contributed by atoms with Crippen molar-refractivity contribution in [1.29, 1.82) is 0 Å². The summed E-state index contributed by atoms with van der Waals surface area (Å²) in [5.74, 6) is 0.611. The monoisotopic (exact) mass is 316 g/mol. The Bertz CT molecular complexity index is 745. The van der Waals surface area contributed by atoms with Crippen molar-refractivity contribution in [2.45, 2.75) is 31.1 Å². The zero-order valence-corrected chi connectivity index (χ0v) is 13.0. The predicted octanol–water partition coefficient (Wildman–Crippen LogP) is 1.30. The van der Waals surface area contributed by atoms with Gasteiger partial charge in [0.15, 0.2) is 5.16 Å². The molecule has 0 unspecified atom stereocenters. The van der Waals surface area contributed by atoms with Crippen LogP contribution in [-0.4, -0.2) is 26.2 Å². The Balaban J connectivity index is 1.65. The molecule has 1 atom stereocenters. The van der Waals surface area contributed by atoms with E-state index < -0.39 is 0 Å². The van der Waals surface area contributed by atoms with Gasteiger partial charge in [-0.3, -0.25) is 19.1 Å². The van der Waals surface area contributed by atoms with E-state index in [0.29, 0.717) is 23.0 Å². The summed E-state index contributed by atoms with van der Waals surface area (Å²) in [4.78, 5) is 32.7. The molecule has 1 aliphatic heterocycles. The molecular formula is C15H16N4O2S. The molecule has 7 heteroatoms. The molecule has 0 aliphatic carbocycles. The van der Waals surface area contributed by atoms with Crippen molar-refractivity contribution in [2.75, 3.05) is 5.75 Å². The highest BCUT2D eigenvalue weighted by molar-refractivity contribution is 7.99. The summed E-state index contributed by atoms with van der Waals surface area (Å²) in [5, 5.41) is 3.54. The van der Waals surface area contributed by atoms with Crippen molar-refractivity contribution in [3.05, 3.63) is 52.2 Å².